The van der Waals surface area contributed by atoms with Crippen molar-refractivity contribution in [1.82, 2.24) is 9.62 Å². The summed E-state index contributed by atoms with van der Waals surface area (Å²) in [5.41, 5.74) is -2.34. The number of rotatable bonds is 4. The summed E-state index contributed by atoms with van der Waals surface area (Å²) in [6.45, 7) is 2.06. The summed E-state index contributed by atoms with van der Waals surface area (Å²) in [6, 6.07) is -0.632. The molecule has 1 fully saturated rings. The fourth-order valence-corrected chi connectivity index (χ4v) is 3.80. The molecule has 1 N–H and O–H groups in total. The van der Waals surface area contributed by atoms with E-state index in [2.05, 4.69) is 4.72 Å². The monoisotopic (exact) mass is 316 g/mol. The number of alkyl halides is 3. The average molecular weight is 316 g/mol. The Bertz CT molecular complexity index is 474. The van der Waals surface area contributed by atoms with E-state index in [1.807, 2.05) is 0 Å². The number of hydrogen-bond donors (Lipinski definition) is 1. The summed E-state index contributed by atoms with van der Waals surface area (Å²) in [6.07, 6.45) is -4.24. The summed E-state index contributed by atoms with van der Waals surface area (Å²) < 4.78 is 63.9. The first kappa shape index (κ1) is 17.2. The minimum atomic E-state index is -4.61. The highest BCUT2D eigenvalue weighted by Gasteiger charge is 2.50. The molecule has 0 aromatic carbocycles. The summed E-state index contributed by atoms with van der Waals surface area (Å²) in [5.74, 6) is -1.27. The second kappa shape index (κ2) is 5.51. The molecule has 0 spiro atoms. The van der Waals surface area contributed by atoms with Gasteiger partial charge >= 0.3 is 6.18 Å². The molecule has 0 saturated carbocycles. The number of nitrogens with zero attached hydrogens (tertiary/aromatic N) is 1. The molecule has 0 bridgehead atoms. The number of hydrogen-bond acceptors (Lipinski definition) is 3. The SMILES string of the molecule is CN1CCC(NS(=O)(=O)CC(C)(C)C(F)(F)F)CC1=O. The Balaban J connectivity index is 2.70. The van der Waals surface area contributed by atoms with E-state index in [1.54, 1.807) is 7.05 Å². The van der Waals surface area contributed by atoms with Crippen LogP contribution in [0.2, 0.25) is 0 Å². The number of likely N-dealkylation sites (tertiary alicyclic amines) is 1. The number of sulfonamides is 1. The topological polar surface area (TPSA) is 66.5 Å². The maximum Gasteiger partial charge on any atom is 0.395 e. The van der Waals surface area contributed by atoms with E-state index >= 15 is 0 Å². The van der Waals surface area contributed by atoms with Gasteiger partial charge in [0.1, 0.15) is 0 Å². The molecule has 118 valence electrons. The number of halogens is 3. The van der Waals surface area contributed by atoms with Gasteiger partial charge in [0.25, 0.3) is 0 Å². The molecule has 1 amide bonds. The van der Waals surface area contributed by atoms with Crippen LogP contribution >= 0.6 is 0 Å². The highest BCUT2D eigenvalue weighted by molar-refractivity contribution is 7.89. The molecule has 1 rings (SSSR count). The molecule has 1 aliphatic heterocycles. The predicted octanol–water partition coefficient (Wildman–Crippen LogP) is 1.12. The van der Waals surface area contributed by atoms with Crippen LogP contribution in [-0.2, 0) is 14.8 Å². The number of nitrogens with one attached hydrogen (secondary N) is 1. The zero-order chi connectivity index (χ0) is 15.8. The minimum Gasteiger partial charge on any atom is -0.346 e. The summed E-state index contributed by atoms with van der Waals surface area (Å²) in [4.78, 5) is 12.9. The molecule has 0 radical (unpaired) electrons. The Hall–Kier alpha value is -0.830. The third-order valence-corrected chi connectivity index (χ3v) is 5.12. The molecule has 5 nitrogen and oxygen atoms in total. The lowest BCUT2D eigenvalue weighted by molar-refractivity contribution is -0.203. The van der Waals surface area contributed by atoms with Crippen LogP contribution in [0.15, 0.2) is 0 Å². The second-order valence-electron chi connectivity index (χ2n) is 5.76. The molecule has 1 unspecified atom stereocenters. The van der Waals surface area contributed by atoms with Crippen LogP contribution in [0.1, 0.15) is 26.7 Å². The van der Waals surface area contributed by atoms with Crippen LogP contribution in [0, 0.1) is 5.41 Å². The lowest BCUT2D eigenvalue weighted by atomic mass is 9.96. The molecular formula is C11H19F3N2O3S. The van der Waals surface area contributed by atoms with Crippen molar-refractivity contribution in [1.29, 1.82) is 0 Å². The first-order chi connectivity index (χ1) is 8.84. The molecule has 20 heavy (non-hydrogen) atoms. The van der Waals surface area contributed by atoms with Crippen molar-refractivity contribution in [3.8, 4) is 0 Å². The smallest absolute Gasteiger partial charge is 0.346 e. The predicted molar refractivity (Wildman–Crippen MR) is 67.4 cm³/mol. The molecule has 1 aliphatic rings. The Morgan fingerprint density at radius 1 is 1.35 bits per heavy atom. The Labute approximate surface area is 116 Å². The van der Waals surface area contributed by atoms with Crippen molar-refractivity contribution in [2.75, 3.05) is 19.3 Å². The molecule has 0 aliphatic carbocycles. The fraction of sp³-hybridized carbons (Fsp3) is 0.909. The van der Waals surface area contributed by atoms with Crippen molar-refractivity contribution < 1.29 is 26.4 Å². The zero-order valence-electron chi connectivity index (χ0n) is 11.6. The van der Waals surface area contributed by atoms with Crippen molar-refractivity contribution >= 4 is 15.9 Å². The van der Waals surface area contributed by atoms with E-state index in [0.717, 1.165) is 13.8 Å². The first-order valence-electron chi connectivity index (χ1n) is 6.15. The van der Waals surface area contributed by atoms with Gasteiger partial charge < -0.3 is 4.90 Å². The van der Waals surface area contributed by atoms with Gasteiger partial charge in [0, 0.05) is 26.1 Å². The number of carbonyl (C=O) groups is 1. The maximum atomic E-state index is 12.7. The third-order valence-electron chi connectivity index (χ3n) is 3.32. The standard InChI is InChI=1S/C11H19F3N2O3S/c1-10(2,11(12,13)14)7-20(18,19)15-8-4-5-16(3)9(17)6-8/h8,15H,4-7H2,1-3H3. The lowest BCUT2D eigenvalue weighted by Crippen LogP contribution is -2.49. The van der Waals surface area contributed by atoms with E-state index in [-0.39, 0.29) is 12.3 Å². The van der Waals surface area contributed by atoms with Crippen LogP contribution in [0.4, 0.5) is 13.2 Å². The summed E-state index contributed by atoms with van der Waals surface area (Å²) in [7, 11) is -2.51. The molecule has 1 heterocycles. The quantitative estimate of drug-likeness (QED) is 0.845. The number of carbonyl (C=O) groups excluding carboxylic acids is 1. The van der Waals surface area contributed by atoms with E-state index in [4.69, 9.17) is 0 Å². The van der Waals surface area contributed by atoms with Gasteiger partial charge in [-0.05, 0) is 6.42 Å². The summed E-state index contributed by atoms with van der Waals surface area (Å²) in [5, 5.41) is 0. The van der Waals surface area contributed by atoms with Crippen molar-refractivity contribution in [3.63, 3.8) is 0 Å². The lowest BCUT2D eigenvalue weighted by Gasteiger charge is -2.31. The highest BCUT2D eigenvalue weighted by Crippen LogP contribution is 2.38. The van der Waals surface area contributed by atoms with Crippen molar-refractivity contribution in [2.24, 2.45) is 5.41 Å². The second-order valence-corrected chi connectivity index (χ2v) is 7.52. The van der Waals surface area contributed by atoms with E-state index < -0.39 is 33.4 Å². The van der Waals surface area contributed by atoms with Gasteiger partial charge in [0.15, 0.2) is 0 Å². The maximum absolute atomic E-state index is 12.7. The molecule has 0 aromatic rings. The Morgan fingerprint density at radius 3 is 2.35 bits per heavy atom. The van der Waals surface area contributed by atoms with Crippen LogP contribution in [0.5, 0.6) is 0 Å². The van der Waals surface area contributed by atoms with Gasteiger partial charge in [-0.2, -0.15) is 13.2 Å². The molecule has 0 aromatic heterocycles. The first-order valence-corrected chi connectivity index (χ1v) is 7.80. The van der Waals surface area contributed by atoms with Gasteiger partial charge in [-0.25, -0.2) is 13.1 Å². The highest BCUT2D eigenvalue weighted by atomic mass is 32.2. The molecule has 1 saturated heterocycles. The van der Waals surface area contributed by atoms with Crippen molar-refractivity contribution in [2.45, 2.75) is 38.9 Å². The van der Waals surface area contributed by atoms with Crippen LogP contribution in [0.3, 0.4) is 0 Å². The Kier molecular flexibility index (Phi) is 4.75. The normalized spacial score (nSPS) is 22.2. The van der Waals surface area contributed by atoms with E-state index in [1.165, 1.54) is 4.90 Å². The largest absolute Gasteiger partial charge is 0.395 e. The Morgan fingerprint density at radius 2 is 1.90 bits per heavy atom. The fourth-order valence-electron chi connectivity index (χ4n) is 1.90. The molecule has 9 heteroatoms. The van der Waals surface area contributed by atoms with Gasteiger partial charge in [0.05, 0.1) is 11.2 Å². The zero-order valence-corrected chi connectivity index (χ0v) is 12.4. The average Bonchev–Trinajstić information content (AvgIpc) is 2.19. The third kappa shape index (κ3) is 4.34. The van der Waals surface area contributed by atoms with Crippen LogP contribution in [-0.4, -0.2) is 50.8 Å². The van der Waals surface area contributed by atoms with Gasteiger partial charge in [-0.1, -0.05) is 13.8 Å². The number of piperidine rings is 1. The van der Waals surface area contributed by atoms with Crippen LogP contribution in [0.25, 0.3) is 0 Å². The molecular weight excluding hydrogens is 297 g/mol. The van der Waals surface area contributed by atoms with E-state index in [9.17, 15) is 26.4 Å². The van der Waals surface area contributed by atoms with Gasteiger partial charge in [-0.15, -0.1) is 0 Å². The van der Waals surface area contributed by atoms with Crippen molar-refractivity contribution in [3.05, 3.63) is 0 Å². The van der Waals surface area contributed by atoms with Crippen LogP contribution < -0.4 is 4.72 Å². The minimum absolute atomic E-state index is 0.0256. The molecule has 1 atom stereocenters. The number of amides is 1. The van der Waals surface area contributed by atoms with Gasteiger partial charge in [0.2, 0.25) is 15.9 Å². The summed E-state index contributed by atoms with van der Waals surface area (Å²) >= 11 is 0. The van der Waals surface area contributed by atoms with Gasteiger partial charge in [-0.3, -0.25) is 4.79 Å². The van der Waals surface area contributed by atoms with E-state index in [0.29, 0.717) is 13.0 Å².